The van der Waals surface area contributed by atoms with Gasteiger partial charge in [0.2, 0.25) is 11.8 Å². The average molecular weight is 378 g/mol. The summed E-state index contributed by atoms with van der Waals surface area (Å²) >= 11 is 0. The molecule has 0 radical (unpaired) electrons. The molecule has 2 amide bonds. The molecular weight excluding hydrogens is 352 g/mol. The van der Waals surface area contributed by atoms with E-state index in [-0.39, 0.29) is 11.8 Å². The first-order chi connectivity index (χ1) is 13.6. The summed E-state index contributed by atoms with van der Waals surface area (Å²) in [7, 11) is 0. The lowest BCUT2D eigenvalue weighted by Crippen LogP contribution is -2.46. The van der Waals surface area contributed by atoms with E-state index in [9.17, 15) is 9.59 Å². The van der Waals surface area contributed by atoms with Gasteiger partial charge in [0.15, 0.2) is 5.75 Å². The second kappa shape index (κ2) is 7.66. The van der Waals surface area contributed by atoms with Gasteiger partial charge in [0.25, 0.3) is 0 Å². The van der Waals surface area contributed by atoms with Gasteiger partial charge in [-0.2, -0.15) is 0 Å². The number of rotatable bonds is 5. The minimum atomic E-state index is -0.906. The zero-order valence-electron chi connectivity index (χ0n) is 16.2. The molecule has 5 nitrogen and oxygen atoms in total. The van der Waals surface area contributed by atoms with Crippen LogP contribution in [0.5, 0.6) is 11.5 Å². The number of hydrogen-bond acceptors (Lipinski definition) is 3. The zero-order chi connectivity index (χ0) is 19.6. The quantitative estimate of drug-likeness (QED) is 0.782. The number of nitrogens with zero attached hydrogens (tertiary/aromatic N) is 1. The number of likely N-dealkylation sites (tertiary alicyclic amines) is 1. The van der Waals surface area contributed by atoms with Crippen molar-refractivity contribution in [1.82, 2.24) is 4.90 Å². The first kappa shape index (κ1) is 18.5. The number of carbonyl (C=O) groups excluding carboxylic acids is 2. The molecule has 2 aromatic rings. The van der Waals surface area contributed by atoms with Gasteiger partial charge in [-0.05, 0) is 55.9 Å². The summed E-state index contributed by atoms with van der Waals surface area (Å²) in [6.45, 7) is 3.67. The molecule has 1 unspecified atom stereocenters. The number of nitrogens with one attached hydrogen (secondary N) is 1. The van der Waals surface area contributed by atoms with Crippen LogP contribution in [0.1, 0.15) is 32.6 Å². The van der Waals surface area contributed by atoms with Crippen molar-refractivity contribution >= 4 is 17.5 Å². The fourth-order valence-corrected chi connectivity index (χ4v) is 3.86. The number of carbonyl (C=O) groups is 2. The van der Waals surface area contributed by atoms with Crippen LogP contribution in [0.4, 0.5) is 5.69 Å². The van der Waals surface area contributed by atoms with Crippen LogP contribution in [0.15, 0.2) is 54.6 Å². The van der Waals surface area contributed by atoms with Crippen molar-refractivity contribution < 1.29 is 14.3 Å². The van der Waals surface area contributed by atoms with E-state index in [2.05, 4.69) is 12.2 Å². The molecule has 2 aromatic carbocycles. The van der Waals surface area contributed by atoms with Gasteiger partial charge in [-0.15, -0.1) is 0 Å². The van der Waals surface area contributed by atoms with Gasteiger partial charge in [-0.3, -0.25) is 9.59 Å². The molecule has 2 fully saturated rings. The molecular formula is C23H26N2O3. The predicted molar refractivity (Wildman–Crippen MR) is 108 cm³/mol. The van der Waals surface area contributed by atoms with Crippen molar-refractivity contribution in [2.24, 2.45) is 11.3 Å². The van der Waals surface area contributed by atoms with Crippen molar-refractivity contribution in [3.63, 3.8) is 0 Å². The SMILES string of the molecule is CC1CCCN(C(=O)C2(C(=O)Nc3ccccc3Oc3ccccc3)CC2)C1. The smallest absolute Gasteiger partial charge is 0.240 e. The Bertz CT molecular complexity index is 861. The predicted octanol–water partition coefficient (Wildman–Crippen LogP) is 4.46. The number of para-hydroxylation sites is 3. The van der Waals surface area contributed by atoms with E-state index < -0.39 is 5.41 Å². The van der Waals surface area contributed by atoms with Crippen LogP contribution in [0.25, 0.3) is 0 Å². The van der Waals surface area contributed by atoms with Crippen LogP contribution in [0.3, 0.4) is 0 Å². The van der Waals surface area contributed by atoms with Crippen molar-refractivity contribution in [2.45, 2.75) is 32.6 Å². The molecule has 5 heteroatoms. The Balaban J connectivity index is 1.48. The summed E-state index contributed by atoms with van der Waals surface area (Å²) in [6.07, 6.45) is 3.39. The molecule has 28 heavy (non-hydrogen) atoms. The average Bonchev–Trinajstić information content (AvgIpc) is 3.52. The Kier molecular flexibility index (Phi) is 5.07. The Morgan fingerprint density at radius 2 is 1.79 bits per heavy atom. The number of ether oxygens (including phenoxy) is 1. The van der Waals surface area contributed by atoms with E-state index >= 15 is 0 Å². The highest BCUT2D eigenvalue weighted by Gasteiger charge is 2.58. The Morgan fingerprint density at radius 3 is 2.50 bits per heavy atom. The fourth-order valence-electron chi connectivity index (χ4n) is 3.86. The maximum Gasteiger partial charge on any atom is 0.240 e. The summed E-state index contributed by atoms with van der Waals surface area (Å²) < 4.78 is 5.92. The van der Waals surface area contributed by atoms with Crippen LogP contribution in [-0.2, 0) is 9.59 Å². The molecule has 4 rings (SSSR count). The van der Waals surface area contributed by atoms with Gasteiger partial charge < -0.3 is 15.0 Å². The Morgan fingerprint density at radius 1 is 1.07 bits per heavy atom. The third-order valence-electron chi connectivity index (χ3n) is 5.64. The van der Waals surface area contributed by atoms with Crippen LogP contribution in [0.2, 0.25) is 0 Å². The number of benzene rings is 2. The lowest BCUT2D eigenvalue weighted by atomic mass is 9.96. The van der Waals surface area contributed by atoms with Crippen molar-refractivity contribution in [3.05, 3.63) is 54.6 Å². The van der Waals surface area contributed by atoms with Gasteiger partial charge in [-0.1, -0.05) is 37.3 Å². The normalized spacial score (nSPS) is 20.3. The third kappa shape index (κ3) is 3.75. The van der Waals surface area contributed by atoms with Gasteiger partial charge in [0.05, 0.1) is 5.69 Å². The lowest BCUT2D eigenvalue weighted by Gasteiger charge is -2.33. The molecule has 0 spiro atoms. The molecule has 1 aliphatic carbocycles. The van der Waals surface area contributed by atoms with Gasteiger partial charge in [0.1, 0.15) is 11.2 Å². The fraction of sp³-hybridized carbons (Fsp3) is 0.391. The van der Waals surface area contributed by atoms with Crippen molar-refractivity contribution in [3.8, 4) is 11.5 Å². The Hall–Kier alpha value is -2.82. The molecule has 0 aromatic heterocycles. The van der Waals surface area contributed by atoms with Crippen LogP contribution >= 0.6 is 0 Å². The second-order valence-electron chi connectivity index (χ2n) is 7.95. The van der Waals surface area contributed by atoms with E-state index in [1.54, 1.807) is 6.07 Å². The van der Waals surface area contributed by atoms with E-state index in [1.165, 1.54) is 0 Å². The van der Waals surface area contributed by atoms with Gasteiger partial charge in [0, 0.05) is 13.1 Å². The highest BCUT2D eigenvalue weighted by molar-refractivity contribution is 6.13. The summed E-state index contributed by atoms with van der Waals surface area (Å²) in [5, 5.41) is 2.95. The first-order valence-corrected chi connectivity index (χ1v) is 10.0. The maximum absolute atomic E-state index is 13.1. The van der Waals surface area contributed by atoms with Gasteiger partial charge in [-0.25, -0.2) is 0 Å². The Labute approximate surface area is 165 Å². The number of anilines is 1. The molecule has 0 bridgehead atoms. The molecule has 1 N–H and O–H groups in total. The second-order valence-corrected chi connectivity index (χ2v) is 7.95. The van der Waals surface area contributed by atoms with Crippen LogP contribution in [0, 0.1) is 11.3 Å². The van der Waals surface area contributed by atoms with Crippen LogP contribution in [-0.4, -0.2) is 29.8 Å². The minimum absolute atomic E-state index is 0.0157. The highest BCUT2D eigenvalue weighted by Crippen LogP contribution is 2.49. The van der Waals surface area contributed by atoms with Crippen molar-refractivity contribution in [2.75, 3.05) is 18.4 Å². The number of piperidine rings is 1. The van der Waals surface area contributed by atoms with E-state index in [0.717, 1.165) is 25.9 Å². The van der Waals surface area contributed by atoms with E-state index in [0.29, 0.717) is 35.9 Å². The minimum Gasteiger partial charge on any atom is -0.455 e. The van der Waals surface area contributed by atoms with E-state index in [4.69, 9.17) is 4.74 Å². The summed E-state index contributed by atoms with van der Waals surface area (Å²) in [4.78, 5) is 28.0. The molecule has 1 saturated heterocycles. The first-order valence-electron chi connectivity index (χ1n) is 10.0. The maximum atomic E-state index is 13.1. The van der Waals surface area contributed by atoms with Crippen LogP contribution < -0.4 is 10.1 Å². The highest BCUT2D eigenvalue weighted by atomic mass is 16.5. The summed E-state index contributed by atoms with van der Waals surface area (Å²) in [6, 6.07) is 16.8. The number of amides is 2. The summed E-state index contributed by atoms with van der Waals surface area (Å²) in [5.41, 5.74) is -0.320. The monoisotopic (exact) mass is 378 g/mol. The topological polar surface area (TPSA) is 58.6 Å². The zero-order valence-corrected chi connectivity index (χ0v) is 16.2. The van der Waals surface area contributed by atoms with Crippen molar-refractivity contribution in [1.29, 1.82) is 0 Å². The standard InChI is InChI=1S/C23H26N2O3/c1-17-8-7-15-25(16-17)22(27)23(13-14-23)21(26)24-19-11-5-6-12-20(19)28-18-9-3-2-4-10-18/h2-6,9-12,17H,7-8,13-16H2,1H3,(H,24,26). The molecule has 2 aliphatic rings. The largest absolute Gasteiger partial charge is 0.455 e. The molecule has 1 aliphatic heterocycles. The number of hydrogen-bond donors (Lipinski definition) is 1. The lowest BCUT2D eigenvalue weighted by molar-refractivity contribution is -0.143. The third-order valence-corrected chi connectivity index (χ3v) is 5.64. The molecule has 1 saturated carbocycles. The van der Waals surface area contributed by atoms with Gasteiger partial charge >= 0.3 is 0 Å². The molecule has 1 heterocycles. The van der Waals surface area contributed by atoms with E-state index in [1.807, 2.05) is 53.4 Å². The molecule has 146 valence electrons. The molecule has 1 atom stereocenters. The summed E-state index contributed by atoms with van der Waals surface area (Å²) in [5.74, 6) is 1.52.